The van der Waals surface area contributed by atoms with Gasteiger partial charge in [0, 0.05) is 24.3 Å². The fourth-order valence-electron chi connectivity index (χ4n) is 2.29. The Morgan fingerprint density at radius 1 is 1.33 bits per heavy atom. The summed E-state index contributed by atoms with van der Waals surface area (Å²) in [6.07, 6.45) is 2.40. The first kappa shape index (κ1) is 10.3. The quantitative estimate of drug-likeness (QED) is 0.752. The zero-order chi connectivity index (χ0) is 10.7. The zero-order valence-corrected chi connectivity index (χ0v) is 9.62. The molecule has 0 aliphatic carbocycles. The normalized spacial score (nSPS) is 14.9. The lowest BCUT2D eigenvalue weighted by Crippen LogP contribution is -2.29. The molecule has 2 nitrogen and oxygen atoms in total. The average Bonchev–Trinajstić information content (AvgIpc) is 2.29. The smallest absolute Gasteiger partial charge is 0.124 e. The summed E-state index contributed by atoms with van der Waals surface area (Å²) in [6, 6.07) is 6.39. The molecule has 0 atom stereocenters. The van der Waals surface area contributed by atoms with E-state index in [0.717, 1.165) is 25.3 Å². The minimum atomic E-state index is 0.753. The topological polar surface area (TPSA) is 12.5 Å². The lowest BCUT2D eigenvalue weighted by molar-refractivity contribution is 0.335. The second-order valence-electron chi connectivity index (χ2n) is 3.87. The molecule has 82 valence electrons. The molecule has 0 N–H and O–H groups in total. The number of hydrogen-bond acceptors (Lipinski definition) is 2. The average molecular weight is 205 g/mol. The van der Waals surface area contributed by atoms with Gasteiger partial charge in [-0.05, 0) is 38.8 Å². The van der Waals surface area contributed by atoms with Gasteiger partial charge in [-0.15, -0.1) is 0 Å². The van der Waals surface area contributed by atoms with Gasteiger partial charge in [0.1, 0.15) is 5.75 Å². The maximum absolute atomic E-state index is 5.67. The Morgan fingerprint density at radius 2 is 2.20 bits per heavy atom. The number of nitrogens with zero attached hydrogens (tertiary/aromatic N) is 1. The SMILES string of the molecule is CCOc1cccc2c1CCCN2CC. The number of fused-ring (bicyclic) bond motifs is 1. The molecule has 2 heteroatoms. The third-order valence-corrected chi connectivity index (χ3v) is 2.99. The second kappa shape index (κ2) is 4.56. The fraction of sp³-hybridized carbons (Fsp3) is 0.538. The van der Waals surface area contributed by atoms with E-state index in [2.05, 4.69) is 30.0 Å². The maximum atomic E-state index is 5.67. The molecule has 0 amide bonds. The van der Waals surface area contributed by atoms with Gasteiger partial charge >= 0.3 is 0 Å². The Labute approximate surface area is 91.9 Å². The van der Waals surface area contributed by atoms with Crippen molar-refractivity contribution >= 4 is 5.69 Å². The first-order chi connectivity index (χ1) is 7.36. The van der Waals surface area contributed by atoms with Gasteiger partial charge in [0.2, 0.25) is 0 Å². The standard InChI is InChI=1S/C13H19NO/c1-3-14-10-6-7-11-12(14)8-5-9-13(11)15-4-2/h5,8-9H,3-4,6-7,10H2,1-2H3. The second-order valence-corrected chi connectivity index (χ2v) is 3.87. The molecule has 0 aromatic heterocycles. The molecule has 1 aromatic rings. The van der Waals surface area contributed by atoms with E-state index >= 15 is 0 Å². The number of benzene rings is 1. The van der Waals surface area contributed by atoms with Gasteiger partial charge in [-0.2, -0.15) is 0 Å². The molecule has 0 fully saturated rings. The largest absolute Gasteiger partial charge is 0.494 e. The first-order valence-corrected chi connectivity index (χ1v) is 5.86. The highest BCUT2D eigenvalue weighted by atomic mass is 16.5. The van der Waals surface area contributed by atoms with Crippen molar-refractivity contribution in [3.8, 4) is 5.75 Å². The van der Waals surface area contributed by atoms with Crippen LogP contribution in [-0.2, 0) is 6.42 Å². The lowest BCUT2D eigenvalue weighted by atomic mass is 10.0. The minimum Gasteiger partial charge on any atom is -0.494 e. The lowest BCUT2D eigenvalue weighted by Gasteiger charge is -2.31. The molecule has 0 radical (unpaired) electrons. The van der Waals surface area contributed by atoms with Crippen LogP contribution in [0.2, 0.25) is 0 Å². The third kappa shape index (κ3) is 1.94. The Morgan fingerprint density at radius 3 is 2.93 bits per heavy atom. The number of rotatable bonds is 3. The predicted molar refractivity (Wildman–Crippen MR) is 63.8 cm³/mol. The summed E-state index contributed by atoms with van der Waals surface area (Å²) in [6.45, 7) is 7.27. The van der Waals surface area contributed by atoms with Crippen molar-refractivity contribution in [3.05, 3.63) is 23.8 Å². The summed E-state index contributed by atoms with van der Waals surface area (Å²) in [5, 5.41) is 0. The summed E-state index contributed by atoms with van der Waals surface area (Å²) in [4.78, 5) is 2.43. The number of anilines is 1. The van der Waals surface area contributed by atoms with Crippen LogP contribution in [0.4, 0.5) is 5.69 Å². The van der Waals surface area contributed by atoms with E-state index in [-0.39, 0.29) is 0 Å². The Kier molecular flexibility index (Phi) is 3.14. The highest BCUT2D eigenvalue weighted by molar-refractivity contribution is 5.60. The molecule has 0 unspecified atom stereocenters. The van der Waals surface area contributed by atoms with Crippen LogP contribution in [0.3, 0.4) is 0 Å². The molecule has 1 heterocycles. The molecule has 15 heavy (non-hydrogen) atoms. The van der Waals surface area contributed by atoms with Crippen molar-refractivity contribution in [3.63, 3.8) is 0 Å². The van der Waals surface area contributed by atoms with Gasteiger partial charge in [0.05, 0.1) is 6.61 Å². The number of hydrogen-bond donors (Lipinski definition) is 0. The summed E-state index contributed by atoms with van der Waals surface area (Å²) in [5.74, 6) is 1.08. The Hall–Kier alpha value is -1.18. The van der Waals surface area contributed by atoms with E-state index in [9.17, 15) is 0 Å². The van der Waals surface area contributed by atoms with Crippen LogP contribution in [0.25, 0.3) is 0 Å². The van der Waals surface area contributed by atoms with Crippen LogP contribution in [0.5, 0.6) is 5.75 Å². The molecule has 0 saturated carbocycles. The Balaban J connectivity index is 2.37. The first-order valence-electron chi connectivity index (χ1n) is 5.86. The van der Waals surface area contributed by atoms with Gasteiger partial charge in [-0.25, -0.2) is 0 Å². The monoisotopic (exact) mass is 205 g/mol. The van der Waals surface area contributed by atoms with E-state index in [0.29, 0.717) is 0 Å². The predicted octanol–water partition coefficient (Wildman–Crippen LogP) is 2.86. The minimum absolute atomic E-state index is 0.753. The van der Waals surface area contributed by atoms with Crippen LogP contribution in [0.15, 0.2) is 18.2 Å². The van der Waals surface area contributed by atoms with E-state index in [1.165, 1.54) is 24.2 Å². The highest BCUT2D eigenvalue weighted by Crippen LogP contribution is 2.33. The van der Waals surface area contributed by atoms with Gasteiger partial charge in [-0.1, -0.05) is 6.07 Å². The molecule has 1 aromatic carbocycles. The molecule has 2 rings (SSSR count). The Bertz CT molecular complexity index is 335. The van der Waals surface area contributed by atoms with Crippen LogP contribution >= 0.6 is 0 Å². The van der Waals surface area contributed by atoms with E-state index < -0.39 is 0 Å². The van der Waals surface area contributed by atoms with Gasteiger partial charge < -0.3 is 9.64 Å². The molecular formula is C13H19NO. The molecule has 1 aliphatic rings. The van der Waals surface area contributed by atoms with Crippen molar-refractivity contribution < 1.29 is 4.74 Å². The van der Waals surface area contributed by atoms with Crippen LogP contribution < -0.4 is 9.64 Å². The summed E-state index contributed by atoms with van der Waals surface area (Å²) in [5.41, 5.74) is 2.77. The van der Waals surface area contributed by atoms with Crippen molar-refractivity contribution in [2.45, 2.75) is 26.7 Å². The maximum Gasteiger partial charge on any atom is 0.124 e. The van der Waals surface area contributed by atoms with Crippen LogP contribution in [0.1, 0.15) is 25.8 Å². The number of ether oxygens (including phenoxy) is 1. The van der Waals surface area contributed by atoms with Crippen molar-refractivity contribution in [1.82, 2.24) is 0 Å². The molecule has 0 bridgehead atoms. The van der Waals surface area contributed by atoms with E-state index in [4.69, 9.17) is 4.74 Å². The molecule has 1 aliphatic heterocycles. The summed E-state index contributed by atoms with van der Waals surface area (Å²) >= 11 is 0. The molecular weight excluding hydrogens is 186 g/mol. The van der Waals surface area contributed by atoms with Gasteiger partial charge in [0.15, 0.2) is 0 Å². The highest BCUT2D eigenvalue weighted by Gasteiger charge is 2.18. The van der Waals surface area contributed by atoms with Crippen molar-refractivity contribution in [1.29, 1.82) is 0 Å². The van der Waals surface area contributed by atoms with E-state index in [1.54, 1.807) is 0 Å². The fourth-order valence-corrected chi connectivity index (χ4v) is 2.29. The van der Waals surface area contributed by atoms with Crippen LogP contribution in [-0.4, -0.2) is 19.7 Å². The van der Waals surface area contributed by atoms with Gasteiger partial charge in [0.25, 0.3) is 0 Å². The third-order valence-electron chi connectivity index (χ3n) is 2.99. The summed E-state index contributed by atoms with van der Waals surface area (Å²) < 4.78 is 5.67. The van der Waals surface area contributed by atoms with Gasteiger partial charge in [-0.3, -0.25) is 0 Å². The van der Waals surface area contributed by atoms with E-state index in [1.807, 2.05) is 6.92 Å². The van der Waals surface area contributed by atoms with Crippen LogP contribution in [0, 0.1) is 0 Å². The van der Waals surface area contributed by atoms with Crippen molar-refractivity contribution in [2.24, 2.45) is 0 Å². The summed E-state index contributed by atoms with van der Waals surface area (Å²) in [7, 11) is 0. The zero-order valence-electron chi connectivity index (χ0n) is 9.62. The molecule has 0 saturated heterocycles. The van der Waals surface area contributed by atoms with Crippen molar-refractivity contribution in [2.75, 3.05) is 24.6 Å². The molecule has 0 spiro atoms.